The molecule has 0 fully saturated rings. The number of ether oxygens (including phenoxy) is 1. The van der Waals surface area contributed by atoms with Crippen LogP contribution >= 0.6 is 23.2 Å². The highest BCUT2D eigenvalue weighted by Gasteiger charge is 2.20. The van der Waals surface area contributed by atoms with Gasteiger partial charge in [-0.2, -0.15) is 0 Å². The van der Waals surface area contributed by atoms with Crippen molar-refractivity contribution in [3.8, 4) is 16.9 Å². The van der Waals surface area contributed by atoms with Gasteiger partial charge in [0.25, 0.3) is 11.8 Å². The fourth-order valence-electron chi connectivity index (χ4n) is 2.78. The Balaban J connectivity index is 1.59. The van der Waals surface area contributed by atoms with E-state index in [1.54, 1.807) is 6.07 Å². The van der Waals surface area contributed by atoms with Crippen molar-refractivity contribution in [2.75, 3.05) is 0 Å². The van der Waals surface area contributed by atoms with Gasteiger partial charge in [0.2, 0.25) is 0 Å². The molecule has 0 spiro atoms. The normalized spacial score (nSPS) is 11.4. The van der Waals surface area contributed by atoms with Gasteiger partial charge in [-0.05, 0) is 47.9 Å². The van der Waals surface area contributed by atoms with Crippen LogP contribution in [0.2, 0.25) is 10.0 Å². The Morgan fingerprint density at radius 2 is 1.57 bits per heavy atom. The highest BCUT2D eigenvalue weighted by molar-refractivity contribution is 6.36. The molecular formula is C23H20Cl2N2O3. The van der Waals surface area contributed by atoms with E-state index in [0.717, 1.165) is 11.1 Å². The van der Waals surface area contributed by atoms with E-state index >= 15 is 0 Å². The molecule has 2 N–H and O–H groups in total. The van der Waals surface area contributed by atoms with Crippen molar-refractivity contribution in [2.45, 2.75) is 19.4 Å². The lowest BCUT2D eigenvalue weighted by Crippen LogP contribution is -2.48. The summed E-state index contributed by atoms with van der Waals surface area (Å²) >= 11 is 11.8. The van der Waals surface area contributed by atoms with Crippen molar-refractivity contribution in [3.05, 3.63) is 88.4 Å². The van der Waals surface area contributed by atoms with E-state index in [1.165, 1.54) is 12.1 Å². The van der Waals surface area contributed by atoms with E-state index in [9.17, 15) is 9.59 Å². The number of hydrazine groups is 1. The Kier molecular flexibility index (Phi) is 7.33. The van der Waals surface area contributed by atoms with Gasteiger partial charge in [0, 0.05) is 5.02 Å². The summed E-state index contributed by atoms with van der Waals surface area (Å²) in [6, 6.07) is 21.9. The van der Waals surface area contributed by atoms with E-state index in [4.69, 9.17) is 27.9 Å². The molecule has 0 aliphatic rings. The topological polar surface area (TPSA) is 67.4 Å². The second kappa shape index (κ2) is 10.1. The summed E-state index contributed by atoms with van der Waals surface area (Å²) in [5.41, 5.74) is 7.06. The number of carbonyl (C=O) groups is 2. The summed E-state index contributed by atoms with van der Waals surface area (Å²) in [4.78, 5) is 24.7. The van der Waals surface area contributed by atoms with E-state index in [1.807, 2.05) is 61.5 Å². The number of hydrogen-bond acceptors (Lipinski definition) is 3. The van der Waals surface area contributed by atoms with Crippen molar-refractivity contribution in [3.63, 3.8) is 0 Å². The summed E-state index contributed by atoms with van der Waals surface area (Å²) in [5, 5.41) is 0.606. The molecule has 3 aromatic rings. The number of benzene rings is 3. The lowest BCUT2D eigenvalue weighted by molar-refractivity contribution is -0.128. The van der Waals surface area contributed by atoms with Crippen LogP contribution < -0.4 is 15.6 Å². The van der Waals surface area contributed by atoms with Crippen LogP contribution in [-0.2, 0) is 4.79 Å². The number of carbonyl (C=O) groups excluding carboxylic acids is 2. The molecule has 1 unspecified atom stereocenters. The molecule has 7 heteroatoms. The van der Waals surface area contributed by atoms with Gasteiger partial charge in [-0.25, -0.2) is 0 Å². The van der Waals surface area contributed by atoms with Gasteiger partial charge < -0.3 is 4.74 Å². The van der Waals surface area contributed by atoms with Crippen LogP contribution in [0.4, 0.5) is 0 Å². The smallest absolute Gasteiger partial charge is 0.279 e. The number of halogens is 2. The van der Waals surface area contributed by atoms with Gasteiger partial charge >= 0.3 is 0 Å². The fourth-order valence-corrected chi connectivity index (χ4v) is 3.28. The van der Waals surface area contributed by atoms with E-state index in [-0.39, 0.29) is 10.6 Å². The van der Waals surface area contributed by atoms with Crippen molar-refractivity contribution in [1.29, 1.82) is 0 Å². The molecule has 3 rings (SSSR count). The van der Waals surface area contributed by atoms with E-state index in [0.29, 0.717) is 17.2 Å². The zero-order valence-corrected chi connectivity index (χ0v) is 17.7. The van der Waals surface area contributed by atoms with Crippen LogP contribution in [0.15, 0.2) is 72.8 Å². The maximum atomic E-state index is 12.4. The first-order chi connectivity index (χ1) is 14.5. The number of nitrogens with one attached hydrogen (secondary N) is 2. The first-order valence-corrected chi connectivity index (χ1v) is 10.1. The fraction of sp³-hybridized carbons (Fsp3) is 0.130. The lowest BCUT2D eigenvalue weighted by Gasteiger charge is -2.18. The van der Waals surface area contributed by atoms with Crippen LogP contribution in [0, 0.1) is 0 Å². The standard InChI is InChI=1S/C23H20Cl2N2O3/c1-2-21(23(29)27-26-22(28)19-13-10-17(24)14-20(19)25)30-18-11-8-16(9-12-18)15-6-4-3-5-7-15/h3-14,21H,2H2,1H3,(H,26,28)(H,27,29). The third-order valence-corrected chi connectivity index (χ3v) is 4.93. The maximum absolute atomic E-state index is 12.4. The predicted molar refractivity (Wildman–Crippen MR) is 119 cm³/mol. The quantitative estimate of drug-likeness (QED) is 0.510. The van der Waals surface area contributed by atoms with Gasteiger partial charge in [0.1, 0.15) is 5.75 Å². The molecule has 0 aliphatic carbocycles. The molecule has 3 aromatic carbocycles. The Labute approximate surface area is 184 Å². The molecule has 0 saturated carbocycles. The zero-order chi connectivity index (χ0) is 21.5. The van der Waals surface area contributed by atoms with Crippen LogP contribution in [0.25, 0.3) is 11.1 Å². The summed E-state index contributed by atoms with van der Waals surface area (Å²) in [6.45, 7) is 1.82. The molecule has 0 heterocycles. The molecule has 0 aromatic heterocycles. The monoisotopic (exact) mass is 442 g/mol. The molecule has 1 atom stereocenters. The minimum Gasteiger partial charge on any atom is -0.481 e. The Hall–Kier alpha value is -3.02. The molecule has 5 nitrogen and oxygen atoms in total. The predicted octanol–water partition coefficient (Wildman–Crippen LogP) is 5.28. The van der Waals surface area contributed by atoms with E-state index < -0.39 is 17.9 Å². The van der Waals surface area contributed by atoms with Gasteiger partial charge in [-0.1, -0.05) is 72.6 Å². The maximum Gasteiger partial charge on any atom is 0.279 e. The summed E-state index contributed by atoms with van der Waals surface area (Å²) < 4.78 is 5.79. The Morgan fingerprint density at radius 3 is 2.20 bits per heavy atom. The lowest BCUT2D eigenvalue weighted by atomic mass is 10.1. The second-order valence-electron chi connectivity index (χ2n) is 6.47. The zero-order valence-electron chi connectivity index (χ0n) is 16.2. The Bertz CT molecular complexity index is 1020. The van der Waals surface area contributed by atoms with Gasteiger partial charge in [-0.3, -0.25) is 20.4 Å². The minimum atomic E-state index is -0.770. The first kappa shape index (κ1) is 21.7. The highest BCUT2D eigenvalue weighted by Crippen LogP contribution is 2.23. The molecule has 30 heavy (non-hydrogen) atoms. The number of amides is 2. The second-order valence-corrected chi connectivity index (χ2v) is 7.32. The summed E-state index contributed by atoms with van der Waals surface area (Å²) in [6.07, 6.45) is -0.349. The molecule has 0 saturated heterocycles. The molecule has 0 radical (unpaired) electrons. The molecule has 2 amide bonds. The Morgan fingerprint density at radius 1 is 0.900 bits per heavy atom. The first-order valence-electron chi connectivity index (χ1n) is 9.35. The molecule has 154 valence electrons. The van der Waals surface area contributed by atoms with Crippen molar-refractivity contribution in [2.24, 2.45) is 0 Å². The van der Waals surface area contributed by atoms with E-state index in [2.05, 4.69) is 10.9 Å². The summed E-state index contributed by atoms with van der Waals surface area (Å²) in [5.74, 6) is -0.459. The average molecular weight is 443 g/mol. The molecule has 0 aliphatic heterocycles. The highest BCUT2D eigenvalue weighted by atomic mass is 35.5. The van der Waals surface area contributed by atoms with Crippen LogP contribution in [0.1, 0.15) is 23.7 Å². The third kappa shape index (κ3) is 5.53. The van der Waals surface area contributed by atoms with Crippen LogP contribution in [0.5, 0.6) is 5.75 Å². The van der Waals surface area contributed by atoms with Gasteiger partial charge in [0.05, 0.1) is 10.6 Å². The third-order valence-electron chi connectivity index (χ3n) is 4.38. The molecular weight excluding hydrogens is 423 g/mol. The van der Waals surface area contributed by atoms with Gasteiger partial charge in [0.15, 0.2) is 6.10 Å². The summed E-state index contributed by atoms with van der Waals surface area (Å²) in [7, 11) is 0. The SMILES string of the molecule is CCC(Oc1ccc(-c2ccccc2)cc1)C(=O)NNC(=O)c1ccc(Cl)cc1Cl. The number of rotatable bonds is 6. The minimum absolute atomic E-state index is 0.191. The number of hydrogen-bond donors (Lipinski definition) is 2. The van der Waals surface area contributed by atoms with Crippen molar-refractivity contribution in [1.82, 2.24) is 10.9 Å². The van der Waals surface area contributed by atoms with Crippen molar-refractivity contribution < 1.29 is 14.3 Å². The average Bonchev–Trinajstić information content (AvgIpc) is 2.76. The molecule has 0 bridgehead atoms. The van der Waals surface area contributed by atoms with Crippen LogP contribution in [-0.4, -0.2) is 17.9 Å². The van der Waals surface area contributed by atoms with Gasteiger partial charge in [-0.15, -0.1) is 0 Å². The van der Waals surface area contributed by atoms with Crippen LogP contribution in [0.3, 0.4) is 0 Å². The largest absolute Gasteiger partial charge is 0.481 e. The van der Waals surface area contributed by atoms with Crippen molar-refractivity contribution >= 4 is 35.0 Å².